The minimum Gasteiger partial charge on any atom is -0.461 e. The lowest BCUT2D eigenvalue weighted by Gasteiger charge is -2.32. The Morgan fingerprint density at radius 2 is 1.08 bits per heavy atom. The molecule has 0 amide bonds. The molecule has 9 heteroatoms. The Bertz CT molecular complexity index is 1160. The molecule has 9 nitrogen and oxygen atoms in total. The summed E-state index contributed by atoms with van der Waals surface area (Å²) in [4.78, 5) is 56.9. The van der Waals surface area contributed by atoms with Gasteiger partial charge in [0.25, 0.3) is 0 Å². The predicted molar refractivity (Wildman–Crippen MR) is 211 cm³/mol. The van der Waals surface area contributed by atoms with E-state index in [1.54, 1.807) is 13.8 Å². The topological polar surface area (TPSA) is 122 Å². The first kappa shape index (κ1) is 53.9. The molecule has 4 bridgehead atoms. The second-order valence-corrected chi connectivity index (χ2v) is 17.1. The van der Waals surface area contributed by atoms with Crippen LogP contribution in [0.25, 0.3) is 0 Å². The molecule has 6 rings (SSSR count). The molecule has 6 fully saturated rings. The Hall–Kier alpha value is -2.45. The Balaban J connectivity index is -0.000000697. The number of rotatable bonds is 4. The smallest absolute Gasteiger partial charge is 0.317 e. The average molecular weight is 743 g/mol. The molecule has 52 heavy (non-hydrogen) atoms. The summed E-state index contributed by atoms with van der Waals surface area (Å²) < 4.78 is 20.6. The van der Waals surface area contributed by atoms with Gasteiger partial charge in [0.15, 0.2) is 0 Å². The van der Waals surface area contributed by atoms with Crippen LogP contribution in [0.2, 0.25) is 0 Å². The van der Waals surface area contributed by atoms with Crippen LogP contribution in [0.4, 0.5) is 0 Å². The van der Waals surface area contributed by atoms with Gasteiger partial charge in [-0.15, -0.1) is 0 Å². The number of hydrogen-bond acceptors (Lipinski definition) is 9. The second-order valence-electron chi connectivity index (χ2n) is 17.1. The number of hydrogen-bond donors (Lipinski definition) is 0. The van der Waals surface area contributed by atoms with Crippen molar-refractivity contribution in [3.05, 3.63) is 0 Å². The highest BCUT2D eigenvalue weighted by molar-refractivity contribution is 5.95. The Kier molecular flexibility index (Phi) is 21.0. The van der Waals surface area contributed by atoms with E-state index in [2.05, 4.69) is 32.4 Å². The molecular weight excluding hydrogens is 660 g/mol. The van der Waals surface area contributed by atoms with Gasteiger partial charge in [0.1, 0.15) is 18.3 Å². The first-order valence-electron chi connectivity index (χ1n) is 17.6. The van der Waals surface area contributed by atoms with Gasteiger partial charge in [0, 0.05) is 5.41 Å². The van der Waals surface area contributed by atoms with Crippen molar-refractivity contribution < 1.29 is 42.9 Å². The fourth-order valence-electron chi connectivity index (χ4n) is 8.86. The van der Waals surface area contributed by atoms with Crippen LogP contribution in [0.5, 0.6) is 0 Å². The molecule has 308 valence electrons. The van der Waals surface area contributed by atoms with E-state index in [4.69, 9.17) is 14.2 Å². The van der Waals surface area contributed by atoms with Crippen LogP contribution in [0.15, 0.2) is 0 Å². The number of esters is 5. The molecule has 4 saturated carbocycles. The summed E-state index contributed by atoms with van der Waals surface area (Å²) >= 11 is 0. The number of fused-ring (bicyclic) bond motifs is 4. The Morgan fingerprint density at radius 1 is 0.673 bits per heavy atom. The summed E-state index contributed by atoms with van der Waals surface area (Å²) in [5.74, 6) is 4.04. The minimum atomic E-state index is -0.396. The van der Waals surface area contributed by atoms with Crippen molar-refractivity contribution in [1.29, 1.82) is 0 Å². The van der Waals surface area contributed by atoms with Crippen molar-refractivity contribution in [2.75, 3.05) is 6.61 Å². The standard InChI is InChI=1S/C17H26O4.C14H24O2.C6H8O3.6CH4/c1-9-10(2)12-5-11(9)6-13(12)16(19)20-8-14-17(3,4)7-15(18)21-14;1-8-9(2)11-6-10(8)7-12(11)13(15)16-14(3,4)5;1-3-4(2)6(8)9-5(3)7;;;;;;/h9-14H,5-8H2,1-4H3;8-12H,6-7H2,1-5H3;3-4H,1-2H3;6*1H4. The van der Waals surface area contributed by atoms with Crippen molar-refractivity contribution in [3.8, 4) is 0 Å². The van der Waals surface area contributed by atoms with Crippen molar-refractivity contribution in [3.63, 3.8) is 0 Å². The van der Waals surface area contributed by atoms with Crippen molar-refractivity contribution in [1.82, 2.24) is 0 Å². The van der Waals surface area contributed by atoms with Crippen LogP contribution in [-0.4, -0.2) is 48.2 Å². The third kappa shape index (κ3) is 11.5. The maximum Gasteiger partial charge on any atom is 0.317 e. The first-order valence-corrected chi connectivity index (χ1v) is 17.6. The molecule has 0 spiro atoms. The summed E-state index contributed by atoms with van der Waals surface area (Å²) in [6.45, 7) is 22.6. The van der Waals surface area contributed by atoms with Gasteiger partial charge in [0.2, 0.25) is 0 Å². The summed E-state index contributed by atoms with van der Waals surface area (Å²) in [7, 11) is 0. The lowest BCUT2D eigenvalue weighted by molar-refractivity contribution is -0.163. The van der Waals surface area contributed by atoms with Crippen LogP contribution in [0.3, 0.4) is 0 Å². The van der Waals surface area contributed by atoms with Gasteiger partial charge in [0.05, 0.1) is 30.1 Å². The van der Waals surface area contributed by atoms with Crippen LogP contribution in [0.1, 0.15) is 153 Å². The van der Waals surface area contributed by atoms with Gasteiger partial charge >= 0.3 is 29.8 Å². The van der Waals surface area contributed by atoms with Crippen molar-refractivity contribution in [2.45, 2.75) is 165 Å². The van der Waals surface area contributed by atoms with E-state index in [0.29, 0.717) is 36.0 Å². The van der Waals surface area contributed by atoms with Crippen LogP contribution >= 0.6 is 0 Å². The van der Waals surface area contributed by atoms with E-state index in [0.717, 1.165) is 30.6 Å². The summed E-state index contributed by atoms with van der Waals surface area (Å²) in [5, 5.41) is 0. The number of carbonyl (C=O) groups excluding carboxylic acids is 5. The monoisotopic (exact) mass is 743 g/mol. The molecule has 0 aromatic carbocycles. The zero-order valence-corrected chi connectivity index (χ0v) is 29.9. The zero-order chi connectivity index (χ0) is 34.5. The third-order valence-corrected chi connectivity index (χ3v) is 12.6. The van der Waals surface area contributed by atoms with Gasteiger partial charge in [-0.25, -0.2) is 0 Å². The van der Waals surface area contributed by atoms with E-state index in [9.17, 15) is 24.0 Å². The summed E-state index contributed by atoms with van der Waals surface area (Å²) in [6.07, 6.45) is 4.55. The molecule has 0 N–H and O–H groups in total. The molecule has 2 saturated heterocycles. The van der Waals surface area contributed by atoms with Gasteiger partial charge < -0.3 is 18.9 Å². The fourth-order valence-corrected chi connectivity index (χ4v) is 8.86. The van der Waals surface area contributed by atoms with Crippen LogP contribution < -0.4 is 0 Å². The molecule has 13 unspecified atom stereocenters. The Morgan fingerprint density at radius 3 is 1.37 bits per heavy atom. The van der Waals surface area contributed by atoms with E-state index in [1.165, 1.54) is 12.8 Å². The molecule has 6 aliphatic rings. The molecule has 4 aliphatic carbocycles. The molecular formula is C43H82O9. The molecule has 0 aromatic rings. The van der Waals surface area contributed by atoms with Crippen LogP contribution in [-0.2, 0) is 42.9 Å². The molecule has 13 atom stereocenters. The fraction of sp³-hybridized carbons (Fsp3) is 0.884. The van der Waals surface area contributed by atoms with E-state index in [1.807, 2.05) is 34.6 Å². The van der Waals surface area contributed by atoms with Crippen molar-refractivity contribution >= 4 is 29.8 Å². The lowest BCUT2D eigenvalue weighted by Crippen LogP contribution is -2.35. The largest absolute Gasteiger partial charge is 0.461 e. The van der Waals surface area contributed by atoms with Crippen molar-refractivity contribution in [2.24, 2.45) is 76.4 Å². The van der Waals surface area contributed by atoms with Gasteiger partial charge in [-0.3, -0.25) is 24.0 Å². The maximum absolute atomic E-state index is 12.4. The normalized spacial score (nSPS) is 36.8. The van der Waals surface area contributed by atoms with Gasteiger partial charge in [-0.1, -0.05) is 99.9 Å². The lowest BCUT2D eigenvalue weighted by atomic mass is 9.76. The number of ether oxygens (including phenoxy) is 4. The third-order valence-electron chi connectivity index (χ3n) is 12.6. The number of cyclic esters (lactones) is 3. The Labute approximate surface area is 319 Å². The molecule has 0 aromatic heterocycles. The number of carbonyl (C=O) groups is 5. The minimum absolute atomic E-state index is 0. The molecule has 0 radical (unpaired) electrons. The van der Waals surface area contributed by atoms with Gasteiger partial charge in [-0.05, 0) is 93.8 Å². The average Bonchev–Trinajstić information content (AvgIpc) is 3.78. The highest BCUT2D eigenvalue weighted by Gasteiger charge is 2.53. The molecule has 2 aliphatic heterocycles. The highest BCUT2D eigenvalue weighted by atomic mass is 16.6. The SMILES string of the molecule is C.C.C.C.C.C.CC1C(=O)OC(=O)C1C.CC1C2CC(C(=O)OC(C)(C)C)C(C2)C1C.CC1C2CC(C(=O)OCC3OC(=O)CC3(C)C)C(C2)C1C. The van der Waals surface area contributed by atoms with Crippen LogP contribution in [0, 0.1) is 76.4 Å². The second kappa shape index (κ2) is 20.3. The zero-order valence-electron chi connectivity index (χ0n) is 29.9. The quantitative estimate of drug-likeness (QED) is 0.157. The van der Waals surface area contributed by atoms with E-state index >= 15 is 0 Å². The highest BCUT2D eigenvalue weighted by Crippen LogP contribution is 2.56. The maximum atomic E-state index is 12.4. The first-order chi connectivity index (χ1) is 21.2. The van der Waals surface area contributed by atoms with E-state index < -0.39 is 11.9 Å². The van der Waals surface area contributed by atoms with E-state index in [-0.39, 0.29) is 110 Å². The summed E-state index contributed by atoms with van der Waals surface area (Å²) in [5.41, 5.74) is -0.582. The predicted octanol–water partition coefficient (Wildman–Crippen LogP) is 10.2. The van der Waals surface area contributed by atoms with Gasteiger partial charge in [-0.2, -0.15) is 0 Å². The molecule has 2 heterocycles. The summed E-state index contributed by atoms with van der Waals surface area (Å²) in [6, 6.07) is 0.